The minimum absolute atomic E-state index is 0.0743. The summed E-state index contributed by atoms with van der Waals surface area (Å²) in [5, 5.41) is 2.83. The summed E-state index contributed by atoms with van der Waals surface area (Å²) in [5.41, 5.74) is 0. The van der Waals surface area contributed by atoms with Gasteiger partial charge in [-0.3, -0.25) is 9.59 Å². The van der Waals surface area contributed by atoms with E-state index >= 15 is 0 Å². The average molecular weight is 313 g/mol. The summed E-state index contributed by atoms with van der Waals surface area (Å²) >= 11 is 0. The summed E-state index contributed by atoms with van der Waals surface area (Å²) in [7, 11) is 1.45. The molecule has 0 aliphatic carbocycles. The Morgan fingerprint density at radius 1 is 0.727 bits per heavy atom. The molecule has 0 saturated heterocycles. The van der Waals surface area contributed by atoms with Gasteiger partial charge in [0.1, 0.15) is 0 Å². The van der Waals surface area contributed by atoms with Crippen LogP contribution in [0, 0.1) is 0 Å². The molecule has 4 heteroatoms. The smallest absolute Gasteiger partial charge is 0.305 e. The quantitative estimate of drug-likeness (QED) is 0.361. The summed E-state index contributed by atoms with van der Waals surface area (Å²) in [5.74, 6) is -0.0117. The number of hydrogen-bond donors (Lipinski definition) is 1. The predicted molar refractivity (Wildman–Crippen MR) is 90.7 cm³/mol. The first-order chi connectivity index (χ1) is 10.7. The van der Waals surface area contributed by atoms with E-state index in [-0.39, 0.29) is 11.9 Å². The zero-order chi connectivity index (χ0) is 16.5. The van der Waals surface area contributed by atoms with E-state index in [4.69, 9.17) is 0 Å². The number of methoxy groups -OCH3 is 1. The molecule has 0 rings (SSSR count). The maximum atomic E-state index is 10.9. The van der Waals surface area contributed by atoms with Gasteiger partial charge in [-0.05, 0) is 12.8 Å². The van der Waals surface area contributed by atoms with Crippen LogP contribution in [0.4, 0.5) is 0 Å². The molecule has 0 bridgehead atoms. The van der Waals surface area contributed by atoms with E-state index in [0.29, 0.717) is 6.42 Å². The van der Waals surface area contributed by atoms with Crippen molar-refractivity contribution in [2.24, 2.45) is 0 Å². The third-order valence-electron chi connectivity index (χ3n) is 3.91. The van der Waals surface area contributed by atoms with E-state index in [1.807, 2.05) is 0 Å². The lowest BCUT2D eigenvalue weighted by atomic mass is 10.0. The van der Waals surface area contributed by atoms with Gasteiger partial charge in [-0.15, -0.1) is 0 Å². The van der Waals surface area contributed by atoms with Gasteiger partial charge in [0.05, 0.1) is 7.11 Å². The molecule has 4 nitrogen and oxygen atoms in total. The maximum absolute atomic E-state index is 10.9. The molecule has 0 atom stereocenters. The second kappa shape index (κ2) is 16.3. The lowest BCUT2D eigenvalue weighted by molar-refractivity contribution is -0.140. The van der Waals surface area contributed by atoms with Crippen LogP contribution in [0.15, 0.2) is 0 Å². The Balaban J connectivity index is 3.02. The summed E-state index contributed by atoms with van der Waals surface area (Å²) in [6, 6.07) is 0. The molecule has 0 radical (unpaired) electrons. The highest BCUT2D eigenvalue weighted by atomic mass is 16.5. The van der Waals surface area contributed by atoms with E-state index in [1.54, 1.807) is 6.92 Å². The van der Waals surface area contributed by atoms with Crippen LogP contribution in [-0.4, -0.2) is 25.5 Å². The Hall–Kier alpha value is -1.06. The topological polar surface area (TPSA) is 55.4 Å². The minimum Gasteiger partial charge on any atom is -0.469 e. The van der Waals surface area contributed by atoms with Crippen molar-refractivity contribution >= 4 is 11.9 Å². The van der Waals surface area contributed by atoms with Crippen LogP contribution < -0.4 is 5.32 Å². The Kier molecular flexibility index (Phi) is 15.5. The number of ether oxygens (including phenoxy) is 1. The first kappa shape index (κ1) is 20.9. The zero-order valence-electron chi connectivity index (χ0n) is 14.6. The number of carbonyl (C=O) groups is 2. The molecule has 0 heterocycles. The van der Waals surface area contributed by atoms with Crippen LogP contribution in [0.25, 0.3) is 0 Å². The van der Waals surface area contributed by atoms with Gasteiger partial charge in [0, 0.05) is 19.9 Å². The van der Waals surface area contributed by atoms with Gasteiger partial charge in [-0.1, -0.05) is 64.2 Å². The molecule has 0 unspecified atom stereocenters. The molecule has 1 N–H and O–H groups in total. The molecule has 130 valence electrons. The van der Waals surface area contributed by atoms with Crippen molar-refractivity contribution in [3.8, 4) is 0 Å². The molecule has 1 amide bonds. The zero-order valence-corrected chi connectivity index (χ0v) is 14.6. The fourth-order valence-corrected chi connectivity index (χ4v) is 2.53. The van der Waals surface area contributed by atoms with E-state index < -0.39 is 0 Å². The molecule has 0 fully saturated rings. The lowest BCUT2D eigenvalue weighted by Crippen LogP contribution is -2.20. The van der Waals surface area contributed by atoms with Gasteiger partial charge < -0.3 is 10.1 Å². The van der Waals surface area contributed by atoms with Crippen molar-refractivity contribution in [2.45, 2.75) is 90.4 Å². The average Bonchev–Trinajstić information content (AvgIpc) is 2.50. The molecule has 0 aromatic heterocycles. The molecule has 0 aromatic rings. The van der Waals surface area contributed by atoms with Crippen molar-refractivity contribution in [2.75, 3.05) is 13.7 Å². The Morgan fingerprint density at radius 3 is 1.55 bits per heavy atom. The second-order valence-electron chi connectivity index (χ2n) is 6.05. The monoisotopic (exact) mass is 313 g/mol. The van der Waals surface area contributed by atoms with Crippen molar-refractivity contribution in [3.05, 3.63) is 0 Å². The number of rotatable bonds is 15. The third kappa shape index (κ3) is 17.0. The fraction of sp³-hybridized carbons (Fsp3) is 0.889. The number of carbonyl (C=O) groups excluding carboxylic acids is 2. The highest BCUT2D eigenvalue weighted by Crippen LogP contribution is 2.12. The number of amides is 1. The summed E-state index contributed by atoms with van der Waals surface area (Å²) < 4.78 is 4.62. The summed E-state index contributed by atoms with van der Waals surface area (Å²) in [6.45, 7) is 2.39. The number of unbranched alkanes of at least 4 members (excludes halogenated alkanes) is 11. The number of hydrogen-bond acceptors (Lipinski definition) is 3. The van der Waals surface area contributed by atoms with Gasteiger partial charge in [0.2, 0.25) is 5.91 Å². The van der Waals surface area contributed by atoms with Crippen LogP contribution in [0.1, 0.15) is 90.4 Å². The summed E-state index contributed by atoms with van der Waals surface area (Å²) in [6.07, 6.45) is 15.5. The predicted octanol–water partition coefficient (Wildman–Crippen LogP) is 4.37. The van der Waals surface area contributed by atoms with Gasteiger partial charge in [-0.2, -0.15) is 0 Å². The van der Waals surface area contributed by atoms with E-state index in [1.165, 1.54) is 64.9 Å². The lowest BCUT2D eigenvalue weighted by Gasteiger charge is -2.04. The first-order valence-corrected chi connectivity index (χ1v) is 8.98. The molecule has 0 aliphatic heterocycles. The minimum atomic E-state index is -0.0860. The van der Waals surface area contributed by atoms with E-state index in [2.05, 4.69) is 10.1 Å². The molecule has 0 spiro atoms. The SMILES string of the molecule is COC(=O)CCCCCCCCCCCCCCNC(C)=O. The van der Waals surface area contributed by atoms with Gasteiger partial charge >= 0.3 is 5.97 Å². The van der Waals surface area contributed by atoms with Crippen LogP contribution in [0.2, 0.25) is 0 Å². The van der Waals surface area contributed by atoms with Crippen molar-refractivity contribution in [3.63, 3.8) is 0 Å². The molecular formula is C18H35NO3. The molecule has 0 aromatic carbocycles. The standard InChI is InChI=1S/C18H35NO3/c1-17(20)19-16-14-12-10-8-6-4-3-5-7-9-11-13-15-18(21)22-2/h3-16H2,1-2H3,(H,19,20). The van der Waals surface area contributed by atoms with Crippen molar-refractivity contribution < 1.29 is 14.3 Å². The van der Waals surface area contributed by atoms with E-state index in [9.17, 15) is 9.59 Å². The van der Waals surface area contributed by atoms with Crippen LogP contribution in [0.3, 0.4) is 0 Å². The highest BCUT2D eigenvalue weighted by Gasteiger charge is 1.99. The maximum Gasteiger partial charge on any atom is 0.305 e. The Bertz CT molecular complexity index is 280. The van der Waals surface area contributed by atoms with Gasteiger partial charge in [-0.25, -0.2) is 0 Å². The van der Waals surface area contributed by atoms with Gasteiger partial charge in [0.15, 0.2) is 0 Å². The van der Waals surface area contributed by atoms with E-state index in [0.717, 1.165) is 25.8 Å². The highest BCUT2D eigenvalue weighted by molar-refractivity contribution is 5.72. The van der Waals surface area contributed by atoms with Crippen LogP contribution in [-0.2, 0) is 14.3 Å². The Labute approximate surface area is 136 Å². The number of nitrogens with one attached hydrogen (secondary N) is 1. The normalized spacial score (nSPS) is 10.5. The van der Waals surface area contributed by atoms with Crippen LogP contribution >= 0.6 is 0 Å². The van der Waals surface area contributed by atoms with Crippen LogP contribution in [0.5, 0.6) is 0 Å². The second-order valence-corrected chi connectivity index (χ2v) is 6.05. The largest absolute Gasteiger partial charge is 0.469 e. The van der Waals surface area contributed by atoms with Gasteiger partial charge in [0.25, 0.3) is 0 Å². The summed E-state index contributed by atoms with van der Waals surface area (Å²) in [4.78, 5) is 21.6. The molecule has 0 aliphatic rings. The fourth-order valence-electron chi connectivity index (χ4n) is 2.53. The van der Waals surface area contributed by atoms with Crippen molar-refractivity contribution in [1.82, 2.24) is 5.32 Å². The number of esters is 1. The first-order valence-electron chi connectivity index (χ1n) is 8.98. The third-order valence-corrected chi connectivity index (χ3v) is 3.91. The molecular weight excluding hydrogens is 278 g/mol. The Morgan fingerprint density at radius 2 is 1.14 bits per heavy atom. The molecule has 22 heavy (non-hydrogen) atoms. The molecule has 0 saturated carbocycles. The van der Waals surface area contributed by atoms with Crippen molar-refractivity contribution in [1.29, 1.82) is 0 Å².